The molecule has 0 aliphatic heterocycles. The Labute approximate surface area is 80.1 Å². The third-order valence-corrected chi connectivity index (χ3v) is 1.90. The first-order chi connectivity index (χ1) is 6.49. The molecule has 0 heterocycles. The van der Waals surface area contributed by atoms with Crippen LogP contribution in [0, 0.1) is 12.7 Å². The van der Waals surface area contributed by atoms with Crippen LogP contribution in [0.1, 0.15) is 15.9 Å². The first-order valence-corrected chi connectivity index (χ1v) is 3.85. The highest BCUT2D eigenvalue weighted by molar-refractivity contribution is 5.91. The first-order valence-electron chi connectivity index (χ1n) is 3.85. The molecule has 0 unspecified atom stereocenters. The van der Waals surface area contributed by atoms with E-state index in [1.54, 1.807) is 0 Å². The smallest absolute Gasteiger partial charge is 0.340 e. The third kappa shape index (κ3) is 1.48. The Morgan fingerprint density at radius 2 is 2.21 bits per heavy atom. The summed E-state index contributed by atoms with van der Waals surface area (Å²) >= 11 is 0. The van der Waals surface area contributed by atoms with Gasteiger partial charge in [0.1, 0.15) is 11.6 Å². The number of hydrogen-bond donors (Lipinski definition) is 2. The van der Waals surface area contributed by atoms with Gasteiger partial charge in [0.05, 0.1) is 18.4 Å². The minimum absolute atomic E-state index is 0.0516. The molecule has 1 aromatic rings. The highest BCUT2D eigenvalue weighted by Gasteiger charge is 2.18. The monoisotopic (exact) mass is 199 g/mol. The molecule has 76 valence electrons. The molecule has 3 N–H and O–H groups in total. The molecule has 1 aromatic carbocycles. The molecule has 14 heavy (non-hydrogen) atoms. The van der Waals surface area contributed by atoms with E-state index in [0.29, 0.717) is 0 Å². The lowest BCUT2D eigenvalue weighted by atomic mass is 10.1. The van der Waals surface area contributed by atoms with Crippen molar-refractivity contribution in [3.63, 3.8) is 0 Å². The second-order valence-corrected chi connectivity index (χ2v) is 2.79. The highest BCUT2D eigenvalue weighted by atomic mass is 19.1. The fourth-order valence-corrected chi connectivity index (χ4v) is 1.07. The van der Waals surface area contributed by atoms with Crippen molar-refractivity contribution < 1.29 is 19.0 Å². The van der Waals surface area contributed by atoms with Gasteiger partial charge in [0, 0.05) is 5.56 Å². The fourth-order valence-electron chi connectivity index (χ4n) is 1.07. The fraction of sp³-hybridized carbons (Fsp3) is 0.222. The van der Waals surface area contributed by atoms with E-state index in [1.807, 2.05) is 0 Å². The van der Waals surface area contributed by atoms with Crippen LogP contribution in [0.5, 0.6) is 5.75 Å². The zero-order valence-corrected chi connectivity index (χ0v) is 7.80. The molecule has 5 heteroatoms. The summed E-state index contributed by atoms with van der Waals surface area (Å²) in [6.07, 6.45) is 0. The van der Waals surface area contributed by atoms with Crippen LogP contribution in [0.15, 0.2) is 6.07 Å². The van der Waals surface area contributed by atoms with Gasteiger partial charge in [0.2, 0.25) is 0 Å². The van der Waals surface area contributed by atoms with Crippen LogP contribution >= 0.6 is 0 Å². The Balaban J connectivity index is 3.40. The molecule has 0 saturated heterocycles. The van der Waals surface area contributed by atoms with Crippen LogP contribution in [-0.4, -0.2) is 18.2 Å². The number of carbonyl (C=O) groups is 1. The number of ether oxygens (including phenoxy) is 1. The van der Waals surface area contributed by atoms with E-state index >= 15 is 0 Å². The Hall–Kier alpha value is -1.78. The minimum Gasteiger partial charge on any atom is -0.505 e. The van der Waals surface area contributed by atoms with E-state index in [-0.39, 0.29) is 22.6 Å². The Morgan fingerprint density at radius 1 is 1.64 bits per heavy atom. The van der Waals surface area contributed by atoms with E-state index in [0.717, 1.165) is 13.2 Å². The predicted octanol–water partition coefficient (Wildman–Crippen LogP) is 1.21. The van der Waals surface area contributed by atoms with Crippen LogP contribution in [0.2, 0.25) is 0 Å². The molecule has 4 nitrogen and oxygen atoms in total. The van der Waals surface area contributed by atoms with Crippen molar-refractivity contribution in [3.8, 4) is 5.75 Å². The number of nitrogens with two attached hydrogens (primary N) is 1. The molecular formula is C9H10FNO3. The number of methoxy groups -OCH3 is 1. The van der Waals surface area contributed by atoms with Crippen LogP contribution < -0.4 is 5.73 Å². The number of aromatic hydroxyl groups is 1. The van der Waals surface area contributed by atoms with Crippen molar-refractivity contribution in [1.82, 2.24) is 0 Å². The van der Waals surface area contributed by atoms with Crippen LogP contribution in [0.4, 0.5) is 10.1 Å². The zero-order chi connectivity index (χ0) is 10.9. The number of hydrogen-bond acceptors (Lipinski definition) is 4. The van der Waals surface area contributed by atoms with Gasteiger partial charge in [-0.25, -0.2) is 9.18 Å². The van der Waals surface area contributed by atoms with Gasteiger partial charge in [0.15, 0.2) is 0 Å². The maximum Gasteiger partial charge on any atom is 0.340 e. The number of phenolic OH excluding ortho intramolecular Hbond substituents is 1. The SMILES string of the molecule is COC(=O)c1cc(N)c(O)c(C)c1F. The van der Waals surface area contributed by atoms with Gasteiger partial charge in [-0.05, 0) is 13.0 Å². The molecule has 1 rings (SSSR count). The van der Waals surface area contributed by atoms with E-state index in [1.165, 1.54) is 6.92 Å². The van der Waals surface area contributed by atoms with Crippen molar-refractivity contribution in [2.24, 2.45) is 0 Å². The van der Waals surface area contributed by atoms with Crippen molar-refractivity contribution >= 4 is 11.7 Å². The minimum atomic E-state index is -0.822. The summed E-state index contributed by atoms with van der Waals surface area (Å²) in [4.78, 5) is 11.1. The van der Waals surface area contributed by atoms with Gasteiger partial charge in [-0.1, -0.05) is 0 Å². The second kappa shape index (κ2) is 3.53. The van der Waals surface area contributed by atoms with E-state index in [9.17, 15) is 14.3 Å². The summed E-state index contributed by atoms with van der Waals surface area (Å²) < 4.78 is 17.7. The van der Waals surface area contributed by atoms with Crippen LogP contribution in [0.3, 0.4) is 0 Å². The quantitative estimate of drug-likeness (QED) is 0.405. The molecule has 0 aliphatic carbocycles. The Bertz CT molecular complexity index is 390. The molecule has 0 fully saturated rings. The van der Waals surface area contributed by atoms with Gasteiger partial charge >= 0.3 is 5.97 Å². The molecule has 0 saturated carbocycles. The van der Waals surface area contributed by atoms with Gasteiger partial charge in [0.25, 0.3) is 0 Å². The molecule has 0 spiro atoms. The number of benzene rings is 1. The Morgan fingerprint density at radius 3 is 2.71 bits per heavy atom. The van der Waals surface area contributed by atoms with Crippen LogP contribution in [-0.2, 0) is 4.74 Å². The number of anilines is 1. The first kappa shape index (κ1) is 10.3. The van der Waals surface area contributed by atoms with Gasteiger partial charge in [-0.3, -0.25) is 0 Å². The lowest BCUT2D eigenvalue weighted by molar-refractivity contribution is 0.0595. The summed E-state index contributed by atoms with van der Waals surface area (Å²) in [5.74, 6) is -1.99. The molecule has 0 aliphatic rings. The molecule has 0 radical (unpaired) electrons. The largest absolute Gasteiger partial charge is 0.505 e. The van der Waals surface area contributed by atoms with Crippen LogP contribution in [0.25, 0.3) is 0 Å². The molecule has 0 bridgehead atoms. The van der Waals surface area contributed by atoms with Crippen molar-refractivity contribution in [2.45, 2.75) is 6.92 Å². The van der Waals surface area contributed by atoms with Gasteiger partial charge in [-0.2, -0.15) is 0 Å². The highest BCUT2D eigenvalue weighted by Crippen LogP contribution is 2.29. The number of carbonyl (C=O) groups excluding carboxylic acids is 1. The summed E-state index contributed by atoms with van der Waals surface area (Å²) in [6.45, 7) is 1.33. The topological polar surface area (TPSA) is 72.5 Å². The Kier molecular flexibility index (Phi) is 2.60. The number of nitrogen functional groups attached to an aromatic ring is 1. The average molecular weight is 199 g/mol. The standard InChI is InChI=1S/C9H10FNO3/c1-4-7(10)5(9(13)14-2)3-6(11)8(4)12/h3,12H,11H2,1-2H3. The lowest BCUT2D eigenvalue weighted by Gasteiger charge is -2.08. The normalized spacial score (nSPS) is 9.93. The second-order valence-electron chi connectivity index (χ2n) is 2.79. The van der Waals surface area contributed by atoms with Crippen molar-refractivity contribution in [1.29, 1.82) is 0 Å². The summed E-state index contributed by atoms with van der Waals surface area (Å²) in [6, 6.07) is 1.05. The summed E-state index contributed by atoms with van der Waals surface area (Å²) in [7, 11) is 1.14. The van der Waals surface area contributed by atoms with Gasteiger partial charge < -0.3 is 15.6 Å². The van der Waals surface area contributed by atoms with Gasteiger partial charge in [-0.15, -0.1) is 0 Å². The van der Waals surface area contributed by atoms with E-state index in [4.69, 9.17) is 5.73 Å². The van der Waals surface area contributed by atoms with E-state index < -0.39 is 11.8 Å². The maximum absolute atomic E-state index is 13.4. The number of esters is 1. The molecule has 0 aromatic heterocycles. The molecule has 0 atom stereocenters. The zero-order valence-electron chi connectivity index (χ0n) is 7.80. The number of phenols is 1. The average Bonchev–Trinajstić information content (AvgIpc) is 2.19. The maximum atomic E-state index is 13.4. The van der Waals surface area contributed by atoms with E-state index in [2.05, 4.69) is 4.74 Å². The summed E-state index contributed by atoms with van der Waals surface area (Å²) in [5.41, 5.74) is 4.96. The summed E-state index contributed by atoms with van der Waals surface area (Å²) in [5, 5.41) is 9.25. The number of halogens is 1. The van der Waals surface area contributed by atoms with Crippen molar-refractivity contribution in [3.05, 3.63) is 23.0 Å². The lowest BCUT2D eigenvalue weighted by Crippen LogP contribution is -2.07. The molecular weight excluding hydrogens is 189 g/mol. The molecule has 0 amide bonds. The predicted molar refractivity (Wildman–Crippen MR) is 48.6 cm³/mol. The number of rotatable bonds is 1. The van der Waals surface area contributed by atoms with Crippen molar-refractivity contribution in [2.75, 3.05) is 12.8 Å². The third-order valence-electron chi connectivity index (χ3n) is 1.90.